The SMILES string of the molecule is CC/C=C/Cn1c(O)c(C(=O)OCC)c2ccccc21. The highest BCUT2D eigenvalue weighted by molar-refractivity contribution is 6.07. The first-order chi connectivity index (χ1) is 9.70. The van der Waals surface area contributed by atoms with Crippen molar-refractivity contribution in [2.45, 2.75) is 26.8 Å². The van der Waals surface area contributed by atoms with Crippen LogP contribution in [0.4, 0.5) is 0 Å². The number of fused-ring (bicyclic) bond motifs is 1. The maximum Gasteiger partial charge on any atom is 0.344 e. The fraction of sp³-hybridized carbons (Fsp3) is 0.312. The van der Waals surface area contributed by atoms with Crippen LogP contribution in [0.15, 0.2) is 36.4 Å². The minimum atomic E-state index is -0.487. The first kappa shape index (κ1) is 14.2. The lowest BCUT2D eigenvalue weighted by Gasteiger charge is -2.03. The minimum absolute atomic E-state index is 0.0367. The number of esters is 1. The van der Waals surface area contributed by atoms with Gasteiger partial charge in [0.2, 0.25) is 5.88 Å². The molecule has 1 heterocycles. The van der Waals surface area contributed by atoms with E-state index in [2.05, 4.69) is 0 Å². The Kier molecular flexibility index (Phi) is 4.45. The van der Waals surface area contributed by atoms with Gasteiger partial charge < -0.3 is 14.4 Å². The zero-order valence-electron chi connectivity index (χ0n) is 11.8. The van der Waals surface area contributed by atoms with Crippen molar-refractivity contribution in [1.82, 2.24) is 4.57 Å². The number of ether oxygens (including phenoxy) is 1. The number of aromatic nitrogens is 1. The van der Waals surface area contributed by atoms with Gasteiger partial charge in [-0.3, -0.25) is 0 Å². The lowest BCUT2D eigenvalue weighted by Crippen LogP contribution is -2.04. The number of hydrogen-bond acceptors (Lipinski definition) is 3. The first-order valence-electron chi connectivity index (χ1n) is 6.83. The maximum absolute atomic E-state index is 12.0. The molecule has 4 nitrogen and oxygen atoms in total. The van der Waals surface area contributed by atoms with Gasteiger partial charge >= 0.3 is 5.97 Å². The summed E-state index contributed by atoms with van der Waals surface area (Å²) in [6, 6.07) is 7.44. The van der Waals surface area contributed by atoms with E-state index < -0.39 is 5.97 Å². The van der Waals surface area contributed by atoms with Crippen molar-refractivity contribution < 1.29 is 14.6 Å². The van der Waals surface area contributed by atoms with Crippen LogP contribution in [0.2, 0.25) is 0 Å². The van der Waals surface area contributed by atoms with Crippen molar-refractivity contribution >= 4 is 16.9 Å². The predicted octanol–water partition coefficient (Wildman–Crippen LogP) is 3.49. The number of aromatic hydroxyl groups is 1. The number of carbonyl (C=O) groups excluding carboxylic acids is 1. The van der Waals surface area contributed by atoms with Gasteiger partial charge in [0, 0.05) is 11.9 Å². The van der Waals surface area contributed by atoms with Crippen LogP contribution in [-0.4, -0.2) is 22.2 Å². The molecule has 0 bridgehead atoms. The molecule has 2 aromatic rings. The number of para-hydroxylation sites is 1. The minimum Gasteiger partial charge on any atom is -0.494 e. The van der Waals surface area contributed by atoms with Crippen LogP contribution in [0.3, 0.4) is 0 Å². The normalized spacial score (nSPS) is 11.3. The number of rotatable bonds is 5. The van der Waals surface area contributed by atoms with Crippen molar-refractivity contribution in [2.24, 2.45) is 0 Å². The van der Waals surface area contributed by atoms with Gasteiger partial charge in [0.25, 0.3) is 0 Å². The van der Waals surface area contributed by atoms with Gasteiger partial charge in [-0.1, -0.05) is 37.3 Å². The van der Waals surface area contributed by atoms with E-state index in [1.165, 1.54) is 0 Å². The molecule has 0 aliphatic rings. The second-order valence-corrected chi connectivity index (χ2v) is 4.43. The van der Waals surface area contributed by atoms with E-state index in [-0.39, 0.29) is 18.1 Å². The van der Waals surface area contributed by atoms with E-state index in [1.807, 2.05) is 43.3 Å². The molecule has 4 heteroatoms. The van der Waals surface area contributed by atoms with Gasteiger partial charge in [0.05, 0.1) is 12.1 Å². The van der Waals surface area contributed by atoms with Crippen molar-refractivity contribution in [3.8, 4) is 5.88 Å². The molecule has 0 saturated heterocycles. The van der Waals surface area contributed by atoms with Crippen LogP contribution >= 0.6 is 0 Å². The van der Waals surface area contributed by atoms with Crippen LogP contribution in [0.5, 0.6) is 5.88 Å². The van der Waals surface area contributed by atoms with Gasteiger partial charge in [-0.15, -0.1) is 0 Å². The molecule has 0 unspecified atom stereocenters. The standard InChI is InChI=1S/C16H19NO3/c1-3-5-8-11-17-13-10-7-6-9-12(13)14(15(17)18)16(19)20-4-2/h5-10,18H,3-4,11H2,1-2H3/b8-5+. The molecule has 1 aromatic heterocycles. The summed E-state index contributed by atoms with van der Waals surface area (Å²) in [4.78, 5) is 12.0. The van der Waals surface area contributed by atoms with Gasteiger partial charge in [0.1, 0.15) is 5.56 Å². The smallest absolute Gasteiger partial charge is 0.344 e. The Morgan fingerprint density at radius 2 is 2.05 bits per heavy atom. The van der Waals surface area contributed by atoms with Crippen LogP contribution < -0.4 is 0 Å². The summed E-state index contributed by atoms with van der Waals surface area (Å²) in [5, 5.41) is 11.1. The molecule has 1 N–H and O–H groups in total. The Morgan fingerprint density at radius 3 is 2.75 bits per heavy atom. The zero-order chi connectivity index (χ0) is 14.5. The highest BCUT2D eigenvalue weighted by Gasteiger charge is 2.22. The topological polar surface area (TPSA) is 51.5 Å². The van der Waals surface area contributed by atoms with Crippen molar-refractivity contribution in [2.75, 3.05) is 6.61 Å². The molecule has 20 heavy (non-hydrogen) atoms. The third-order valence-corrected chi connectivity index (χ3v) is 3.11. The quantitative estimate of drug-likeness (QED) is 0.670. The third-order valence-electron chi connectivity index (χ3n) is 3.11. The number of nitrogens with zero attached hydrogens (tertiary/aromatic N) is 1. The van der Waals surface area contributed by atoms with E-state index in [0.717, 1.165) is 11.9 Å². The van der Waals surface area contributed by atoms with E-state index in [9.17, 15) is 9.90 Å². The molecule has 0 amide bonds. The Hall–Kier alpha value is -2.23. The highest BCUT2D eigenvalue weighted by atomic mass is 16.5. The van der Waals surface area contributed by atoms with Crippen LogP contribution in [-0.2, 0) is 11.3 Å². The van der Waals surface area contributed by atoms with Crippen molar-refractivity contribution in [3.05, 3.63) is 42.0 Å². The first-order valence-corrected chi connectivity index (χ1v) is 6.83. The van der Waals surface area contributed by atoms with Crippen LogP contribution in [0.25, 0.3) is 10.9 Å². The van der Waals surface area contributed by atoms with Crippen LogP contribution in [0.1, 0.15) is 30.6 Å². The van der Waals surface area contributed by atoms with E-state index >= 15 is 0 Å². The zero-order valence-corrected chi connectivity index (χ0v) is 11.8. The van der Waals surface area contributed by atoms with Gasteiger partial charge in [-0.05, 0) is 19.4 Å². The average Bonchev–Trinajstić information content (AvgIpc) is 2.72. The average molecular weight is 273 g/mol. The molecular formula is C16H19NO3. The summed E-state index contributed by atoms with van der Waals surface area (Å²) in [5.41, 5.74) is 1.07. The molecule has 0 radical (unpaired) electrons. The molecule has 2 rings (SSSR count). The molecule has 0 aliphatic heterocycles. The molecule has 106 valence electrons. The van der Waals surface area contributed by atoms with Gasteiger partial charge in [-0.25, -0.2) is 4.79 Å². The number of allylic oxidation sites excluding steroid dienone is 2. The Balaban J connectivity index is 2.55. The monoisotopic (exact) mass is 273 g/mol. The maximum atomic E-state index is 12.0. The summed E-state index contributed by atoms with van der Waals surface area (Å²) >= 11 is 0. The predicted molar refractivity (Wildman–Crippen MR) is 79.0 cm³/mol. The van der Waals surface area contributed by atoms with Crippen molar-refractivity contribution in [1.29, 1.82) is 0 Å². The Labute approximate surface area is 118 Å². The Morgan fingerprint density at radius 1 is 1.30 bits per heavy atom. The second-order valence-electron chi connectivity index (χ2n) is 4.43. The molecular weight excluding hydrogens is 254 g/mol. The number of hydrogen-bond donors (Lipinski definition) is 1. The second kappa shape index (κ2) is 6.28. The van der Waals surface area contributed by atoms with Gasteiger partial charge in [0.15, 0.2) is 0 Å². The summed E-state index contributed by atoms with van der Waals surface area (Å²) < 4.78 is 6.74. The lowest BCUT2D eigenvalue weighted by molar-refractivity contribution is 0.0525. The fourth-order valence-corrected chi connectivity index (χ4v) is 2.23. The Bertz CT molecular complexity index is 640. The molecule has 1 aromatic carbocycles. The summed E-state index contributed by atoms with van der Waals surface area (Å²) in [7, 11) is 0. The van der Waals surface area contributed by atoms with Crippen molar-refractivity contribution in [3.63, 3.8) is 0 Å². The fourth-order valence-electron chi connectivity index (χ4n) is 2.23. The van der Waals surface area contributed by atoms with E-state index in [4.69, 9.17) is 4.74 Å². The molecule has 0 saturated carbocycles. The molecule has 0 aliphatic carbocycles. The largest absolute Gasteiger partial charge is 0.494 e. The molecule has 0 spiro atoms. The molecule has 0 fully saturated rings. The molecule has 0 atom stereocenters. The summed E-state index contributed by atoms with van der Waals surface area (Å²) in [6.45, 7) is 4.61. The van der Waals surface area contributed by atoms with E-state index in [0.29, 0.717) is 11.9 Å². The van der Waals surface area contributed by atoms with E-state index in [1.54, 1.807) is 11.5 Å². The van der Waals surface area contributed by atoms with Crippen LogP contribution in [0, 0.1) is 0 Å². The third kappa shape index (κ3) is 2.54. The number of benzene rings is 1. The number of carbonyl (C=O) groups is 1. The lowest BCUT2D eigenvalue weighted by atomic mass is 10.2. The van der Waals surface area contributed by atoms with Gasteiger partial charge in [-0.2, -0.15) is 0 Å². The highest BCUT2D eigenvalue weighted by Crippen LogP contribution is 2.31. The summed E-state index contributed by atoms with van der Waals surface area (Å²) in [6.07, 6.45) is 4.93. The summed E-state index contributed by atoms with van der Waals surface area (Å²) in [5.74, 6) is -0.523.